The van der Waals surface area contributed by atoms with Gasteiger partial charge in [0.25, 0.3) is 0 Å². The van der Waals surface area contributed by atoms with Crippen molar-refractivity contribution in [1.29, 1.82) is 0 Å². The van der Waals surface area contributed by atoms with Gasteiger partial charge in [0.2, 0.25) is 0 Å². The van der Waals surface area contributed by atoms with Crippen molar-refractivity contribution in [2.24, 2.45) is 23.0 Å². The Balaban J connectivity index is 2.14. The van der Waals surface area contributed by atoms with Gasteiger partial charge in [0.15, 0.2) is 0 Å². The zero-order chi connectivity index (χ0) is 14.9. The van der Waals surface area contributed by atoms with Crippen molar-refractivity contribution in [3.63, 3.8) is 0 Å². The van der Waals surface area contributed by atoms with E-state index in [1.165, 1.54) is 18.4 Å². The van der Waals surface area contributed by atoms with Gasteiger partial charge in [0.05, 0.1) is 0 Å². The van der Waals surface area contributed by atoms with E-state index in [0.29, 0.717) is 17.0 Å². The van der Waals surface area contributed by atoms with Crippen LogP contribution < -0.4 is 5.73 Å². The predicted octanol–water partition coefficient (Wildman–Crippen LogP) is 5.33. The molecule has 2 N–H and O–H groups in total. The minimum atomic E-state index is 0.164. The van der Waals surface area contributed by atoms with E-state index in [1.54, 1.807) is 0 Å². The summed E-state index contributed by atoms with van der Waals surface area (Å²) in [5.74, 6) is 1.32. The molecule has 0 aromatic heterocycles. The van der Waals surface area contributed by atoms with Gasteiger partial charge in [-0.25, -0.2) is 0 Å². The summed E-state index contributed by atoms with van der Waals surface area (Å²) < 4.78 is 0. The summed E-state index contributed by atoms with van der Waals surface area (Å²) in [6.45, 7) is 6.94. The summed E-state index contributed by atoms with van der Waals surface area (Å²) >= 11 is 12.3. The highest BCUT2D eigenvalue weighted by Gasteiger charge is 2.37. The average Bonchev–Trinajstić information content (AvgIpc) is 2.32. The number of hydrogen-bond acceptors (Lipinski definition) is 1. The summed E-state index contributed by atoms with van der Waals surface area (Å²) in [6, 6.07) is 6.10. The van der Waals surface area contributed by atoms with Crippen molar-refractivity contribution in [2.45, 2.75) is 52.5 Å². The van der Waals surface area contributed by atoms with Crippen LogP contribution in [0.3, 0.4) is 0 Å². The van der Waals surface area contributed by atoms with E-state index in [-0.39, 0.29) is 5.41 Å². The van der Waals surface area contributed by atoms with Crippen LogP contribution in [0.5, 0.6) is 0 Å². The Morgan fingerprint density at radius 2 is 1.95 bits per heavy atom. The Bertz CT molecular complexity index is 470. The summed E-state index contributed by atoms with van der Waals surface area (Å²) in [7, 11) is 0. The van der Waals surface area contributed by atoms with E-state index < -0.39 is 0 Å². The molecular weight excluding hydrogens is 289 g/mol. The van der Waals surface area contributed by atoms with Crippen molar-refractivity contribution in [3.8, 4) is 0 Å². The van der Waals surface area contributed by atoms with Crippen LogP contribution in [0.4, 0.5) is 0 Å². The number of rotatable bonds is 3. The van der Waals surface area contributed by atoms with E-state index in [4.69, 9.17) is 28.9 Å². The molecule has 0 saturated heterocycles. The molecule has 0 amide bonds. The monoisotopic (exact) mass is 313 g/mol. The van der Waals surface area contributed by atoms with Gasteiger partial charge in [0, 0.05) is 16.1 Å². The molecule has 1 aromatic carbocycles. The second kappa shape index (κ2) is 6.25. The number of benzene rings is 1. The summed E-state index contributed by atoms with van der Waals surface area (Å²) in [4.78, 5) is 0. The first kappa shape index (κ1) is 16.1. The van der Waals surface area contributed by atoms with Crippen LogP contribution >= 0.6 is 23.2 Å². The molecule has 1 aromatic rings. The fourth-order valence-corrected chi connectivity index (χ4v) is 4.16. The van der Waals surface area contributed by atoms with E-state index in [0.717, 1.165) is 23.8 Å². The van der Waals surface area contributed by atoms with Gasteiger partial charge in [-0.15, -0.1) is 0 Å². The van der Waals surface area contributed by atoms with Gasteiger partial charge in [-0.2, -0.15) is 0 Å². The van der Waals surface area contributed by atoms with E-state index in [9.17, 15) is 0 Å². The first-order valence-corrected chi connectivity index (χ1v) is 8.24. The standard InChI is InChI=1S/C17H25Cl2N/c1-11-4-7-14(16(20)8-11)17(2,3)10-12-5-6-13(18)9-15(12)19/h5-6,9,11,14,16H,4,7-8,10,20H2,1-3H3. The maximum absolute atomic E-state index is 6.42. The van der Waals surface area contributed by atoms with E-state index in [2.05, 4.69) is 20.8 Å². The molecular formula is C17H25Cl2N. The molecule has 112 valence electrons. The molecule has 0 radical (unpaired) electrons. The Kier molecular flexibility index (Phi) is 5.05. The van der Waals surface area contributed by atoms with Gasteiger partial charge < -0.3 is 5.73 Å². The predicted molar refractivity (Wildman–Crippen MR) is 88.4 cm³/mol. The third kappa shape index (κ3) is 3.69. The smallest absolute Gasteiger partial charge is 0.0453 e. The first-order valence-electron chi connectivity index (χ1n) is 7.49. The molecule has 1 aliphatic carbocycles. The maximum Gasteiger partial charge on any atom is 0.0453 e. The molecule has 2 rings (SSSR count). The molecule has 0 spiro atoms. The quantitative estimate of drug-likeness (QED) is 0.802. The molecule has 1 fully saturated rings. The first-order chi connectivity index (χ1) is 9.29. The molecule has 0 bridgehead atoms. The lowest BCUT2D eigenvalue weighted by Gasteiger charge is -2.43. The van der Waals surface area contributed by atoms with Gasteiger partial charge in [-0.05, 0) is 54.2 Å². The molecule has 0 heterocycles. The number of hydrogen-bond donors (Lipinski definition) is 1. The van der Waals surface area contributed by atoms with Gasteiger partial charge in [-0.1, -0.05) is 56.5 Å². The second-order valence-corrected chi connectivity index (χ2v) is 7.93. The lowest BCUT2D eigenvalue weighted by atomic mass is 9.64. The molecule has 1 saturated carbocycles. The van der Waals surface area contributed by atoms with E-state index >= 15 is 0 Å². The van der Waals surface area contributed by atoms with Gasteiger partial charge in [0.1, 0.15) is 0 Å². The molecule has 3 unspecified atom stereocenters. The fourth-order valence-electron chi connectivity index (χ4n) is 3.68. The van der Waals surface area contributed by atoms with Crippen LogP contribution in [0, 0.1) is 17.3 Å². The second-order valence-electron chi connectivity index (χ2n) is 7.09. The molecule has 20 heavy (non-hydrogen) atoms. The Morgan fingerprint density at radius 3 is 2.55 bits per heavy atom. The maximum atomic E-state index is 6.42. The van der Waals surface area contributed by atoms with Crippen molar-refractivity contribution < 1.29 is 0 Å². The van der Waals surface area contributed by atoms with Gasteiger partial charge in [-0.3, -0.25) is 0 Å². The normalized spacial score (nSPS) is 27.6. The minimum absolute atomic E-state index is 0.164. The largest absolute Gasteiger partial charge is 0.327 e. The molecule has 0 aliphatic heterocycles. The van der Waals surface area contributed by atoms with Crippen molar-refractivity contribution in [1.82, 2.24) is 0 Å². The summed E-state index contributed by atoms with van der Waals surface area (Å²) in [5.41, 5.74) is 7.75. The molecule has 3 heteroatoms. The molecule has 1 nitrogen and oxygen atoms in total. The highest BCUT2D eigenvalue weighted by atomic mass is 35.5. The average molecular weight is 314 g/mol. The molecule has 3 atom stereocenters. The van der Waals surface area contributed by atoms with Crippen LogP contribution in [0.2, 0.25) is 10.0 Å². The lowest BCUT2D eigenvalue weighted by molar-refractivity contribution is 0.113. The fraction of sp³-hybridized carbons (Fsp3) is 0.647. The topological polar surface area (TPSA) is 26.0 Å². The van der Waals surface area contributed by atoms with Crippen LogP contribution in [-0.4, -0.2) is 6.04 Å². The summed E-state index contributed by atoms with van der Waals surface area (Å²) in [6.07, 6.45) is 4.61. The minimum Gasteiger partial charge on any atom is -0.327 e. The third-order valence-electron chi connectivity index (χ3n) is 4.83. The number of nitrogens with two attached hydrogens (primary N) is 1. The zero-order valence-corrected chi connectivity index (χ0v) is 14.1. The van der Waals surface area contributed by atoms with E-state index in [1.807, 2.05) is 18.2 Å². The highest BCUT2D eigenvalue weighted by molar-refractivity contribution is 6.35. The SMILES string of the molecule is CC1CCC(C(C)(C)Cc2ccc(Cl)cc2Cl)C(N)C1. The molecule has 1 aliphatic rings. The summed E-state index contributed by atoms with van der Waals surface area (Å²) in [5, 5.41) is 1.46. The van der Waals surface area contributed by atoms with Crippen molar-refractivity contribution in [3.05, 3.63) is 33.8 Å². The Morgan fingerprint density at radius 1 is 1.25 bits per heavy atom. The van der Waals surface area contributed by atoms with Crippen LogP contribution in [0.1, 0.15) is 45.6 Å². The Labute approximate surface area is 132 Å². The van der Waals surface area contributed by atoms with Crippen molar-refractivity contribution >= 4 is 23.2 Å². The number of halogens is 2. The van der Waals surface area contributed by atoms with Crippen molar-refractivity contribution in [2.75, 3.05) is 0 Å². The highest BCUT2D eigenvalue weighted by Crippen LogP contribution is 2.42. The van der Waals surface area contributed by atoms with Crippen LogP contribution in [0.25, 0.3) is 0 Å². The van der Waals surface area contributed by atoms with Crippen LogP contribution in [-0.2, 0) is 6.42 Å². The third-order valence-corrected chi connectivity index (χ3v) is 5.41. The van der Waals surface area contributed by atoms with Gasteiger partial charge >= 0.3 is 0 Å². The zero-order valence-electron chi connectivity index (χ0n) is 12.6. The Hall–Kier alpha value is -0.240. The lowest BCUT2D eigenvalue weighted by Crippen LogP contribution is -2.44. The van der Waals surface area contributed by atoms with Crippen LogP contribution in [0.15, 0.2) is 18.2 Å².